The number of benzene rings is 1. The largest absolute Gasteiger partial charge is 0.351 e. The van der Waals surface area contributed by atoms with Gasteiger partial charge in [0, 0.05) is 17.8 Å². The van der Waals surface area contributed by atoms with Crippen LogP contribution in [0.15, 0.2) is 24.3 Å². The lowest BCUT2D eigenvalue weighted by Crippen LogP contribution is -2.21. The average molecular weight is 264 g/mol. The van der Waals surface area contributed by atoms with Crippen LogP contribution in [0.3, 0.4) is 0 Å². The molecule has 0 fully saturated rings. The summed E-state index contributed by atoms with van der Waals surface area (Å²) < 4.78 is 0. The summed E-state index contributed by atoms with van der Waals surface area (Å²) in [6, 6.07) is 6.12. The van der Waals surface area contributed by atoms with Crippen molar-refractivity contribution >= 4 is 23.3 Å². The smallest absolute Gasteiger partial charge is 0.316 e. The second kappa shape index (κ2) is 7.38. The van der Waals surface area contributed by atoms with Crippen molar-refractivity contribution in [2.24, 2.45) is 17.4 Å². The fourth-order valence-corrected chi connectivity index (χ4v) is 1.65. The molecule has 0 aliphatic heterocycles. The van der Waals surface area contributed by atoms with E-state index in [9.17, 15) is 9.59 Å². The monoisotopic (exact) mass is 264 g/mol. The molecule has 0 aliphatic carbocycles. The molecule has 3 amide bonds. The first-order valence-electron chi connectivity index (χ1n) is 6.21. The molecule has 1 aromatic rings. The van der Waals surface area contributed by atoms with Crippen LogP contribution in [0.4, 0.5) is 16.2 Å². The van der Waals surface area contributed by atoms with E-state index >= 15 is 0 Å². The Bertz CT molecular complexity index is 427. The number of nitrogens with two attached hydrogens (primary N) is 2. The standard InChI is InChI=1S/C13H20N4O2/c1-2-9(8-14)7-12(18)16-10-3-5-11(6-4-10)17-13(15)19/h3-6,9H,2,7-8,14H2,1H3,(H,16,18)(H3,15,17,19). The Balaban J connectivity index is 2.53. The molecule has 1 rings (SSSR count). The molecule has 6 N–H and O–H groups in total. The summed E-state index contributed by atoms with van der Waals surface area (Å²) in [6.45, 7) is 2.51. The number of carbonyl (C=O) groups excluding carboxylic acids is 2. The summed E-state index contributed by atoms with van der Waals surface area (Å²) in [5.74, 6) is 0.142. The Hall–Kier alpha value is -2.08. The first-order valence-corrected chi connectivity index (χ1v) is 6.21. The quantitative estimate of drug-likeness (QED) is 0.624. The molecule has 6 heteroatoms. The summed E-state index contributed by atoms with van der Waals surface area (Å²) in [5, 5.41) is 5.23. The maximum absolute atomic E-state index is 11.7. The van der Waals surface area contributed by atoms with E-state index in [1.165, 1.54) is 0 Å². The second-order valence-electron chi connectivity index (χ2n) is 4.33. The first kappa shape index (κ1) is 15.0. The highest BCUT2D eigenvalue weighted by molar-refractivity contribution is 5.92. The van der Waals surface area contributed by atoms with Crippen LogP contribution in [-0.4, -0.2) is 18.5 Å². The van der Waals surface area contributed by atoms with Gasteiger partial charge in [-0.1, -0.05) is 13.3 Å². The van der Waals surface area contributed by atoms with Gasteiger partial charge in [0.1, 0.15) is 0 Å². The number of primary amides is 1. The number of nitrogens with one attached hydrogen (secondary N) is 2. The van der Waals surface area contributed by atoms with Crippen LogP contribution in [0, 0.1) is 5.92 Å². The lowest BCUT2D eigenvalue weighted by molar-refractivity contribution is -0.117. The number of hydrogen-bond acceptors (Lipinski definition) is 3. The molecule has 0 saturated carbocycles. The zero-order valence-corrected chi connectivity index (χ0v) is 11.0. The molecular weight excluding hydrogens is 244 g/mol. The second-order valence-corrected chi connectivity index (χ2v) is 4.33. The van der Waals surface area contributed by atoms with E-state index in [2.05, 4.69) is 10.6 Å². The molecule has 0 radical (unpaired) electrons. The van der Waals surface area contributed by atoms with E-state index in [1.807, 2.05) is 6.92 Å². The molecule has 1 unspecified atom stereocenters. The van der Waals surface area contributed by atoms with Crippen molar-refractivity contribution in [3.05, 3.63) is 24.3 Å². The molecule has 6 nitrogen and oxygen atoms in total. The van der Waals surface area contributed by atoms with Gasteiger partial charge >= 0.3 is 6.03 Å². The predicted octanol–water partition coefficient (Wildman–Crippen LogP) is 1.49. The highest BCUT2D eigenvalue weighted by atomic mass is 16.2. The van der Waals surface area contributed by atoms with Gasteiger partial charge < -0.3 is 22.1 Å². The molecule has 0 aromatic heterocycles. The molecule has 0 heterocycles. The minimum atomic E-state index is -0.620. The fourth-order valence-electron chi connectivity index (χ4n) is 1.65. The van der Waals surface area contributed by atoms with Crippen LogP contribution < -0.4 is 22.1 Å². The molecule has 0 bridgehead atoms. The van der Waals surface area contributed by atoms with E-state index in [4.69, 9.17) is 11.5 Å². The summed E-state index contributed by atoms with van der Waals surface area (Å²) in [5.41, 5.74) is 11.8. The summed E-state index contributed by atoms with van der Waals surface area (Å²) in [6.07, 6.45) is 1.29. The van der Waals surface area contributed by atoms with E-state index in [-0.39, 0.29) is 11.8 Å². The first-order chi connectivity index (χ1) is 9.05. The van der Waals surface area contributed by atoms with Crippen molar-refractivity contribution in [2.75, 3.05) is 17.2 Å². The third-order valence-corrected chi connectivity index (χ3v) is 2.82. The van der Waals surface area contributed by atoms with Crippen LogP contribution in [0.25, 0.3) is 0 Å². The Kier molecular flexibility index (Phi) is 5.81. The SMILES string of the molecule is CCC(CN)CC(=O)Nc1ccc(NC(N)=O)cc1. The van der Waals surface area contributed by atoms with Crippen molar-refractivity contribution in [3.8, 4) is 0 Å². The topological polar surface area (TPSA) is 110 Å². The average Bonchev–Trinajstić information content (AvgIpc) is 2.37. The maximum atomic E-state index is 11.7. The Morgan fingerprint density at radius 3 is 2.11 bits per heavy atom. The normalized spacial score (nSPS) is 11.7. The van der Waals surface area contributed by atoms with Crippen molar-refractivity contribution in [3.63, 3.8) is 0 Å². The van der Waals surface area contributed by atoms with E-state index in [1.54, 1.807) is 24.3 Å². The van der Waals surface area contributed by atoms with Crippen molar-refractivity contribution < 1.29 is 9.59 Å². The van der Waals surface area contributed by atoms with Crippen LogP contribution in [-0.2, 0) is 4.79 Å². The third-order valence-electron chi connectivity index (χ3n) is 2.82. The number of amides is 3. The zero-order chi connectivity index (χ0) is 14.3. The van der Waals surface area contributed by atoms with Gasteiger partial charge in [-0.2, -0.15) is 0 Å². The van der Waals surface area contributed by atoms with Crippen LogP contribution >= 0.6 is 0 Å². The van der Waals surface area contributed by atoms with Crippen LogP contribution in [0.5, 0.6) is 0 Å². The van der Waals surface area contributed by atoms with Gasteiger partial charge in [0.2, 0.25) is 5.91 Å². The van der Waals surface area contributed by atoms with Crippen molar-refractivity contribution in [1.82, 2.24) is 0 Å². The van der Waals surface area contributed by atoms with Gasteiger partial charge in [-0.25, -0.2) is 4.79 Å². The summed E-state index contributed by atoms with van der Waals surface area (Å²) in [4.78, 5) is 22.4. The number of rotatable bonds is 6. The molecule has 0 spiro atoms. The highest BCUT2D eigenvalue weighted by Gasteiger charge is 2.10. The summed E-state index contributed by atoms with van der Waals surface area (Å²) in [7, 11) is 0. The lowest BCUT2D eigenvalue weighted by atomic mass is 10.0. The van der Waals surface area contributed by atoms with Crippen molar-refractivity contribution in [2.45, 2.75) is 19.8 Å². The number of hydrogen-bond donors (Lipinski definition) is 4. The van der Waals surface area contributed by atoms with Gasteiger partial charge in [0.15, 0.2) is 0 Å². The molecular formula is C13H20N4O2. The van der Waals surface area contributed by atoms with Crippen LogP contribution in [0.1, 0.15) is 19.8 Å². The van der Waals surface area contributed by atoms with E-state index in [0.717, 1.165) is 6.42 Å². The summed E-state index contributed by atoms with van der Waals surface area (Å²) >= 11 is 0. The molecule has 104 valence electrons. The fraction of sp³-hybridized carbons (Fsp3) is 0.385. The van der Waals surface area contributed by atoms with Gasteiger partial charge in [0.05, 0.1) is 0 Å². The van der Waals surface area contributed by atoms with Crippen LogP contribution in [0.2, 0.25) is 0 Å². The van der Waals surface area contributed by atoms with Gasteiger partial charge in [-0.05, 0) is 36.7 Å². The van der Waals surface area contributed by atoms with Gasteiger partial charge in [0.25, 0.3) is 0 Å². The minimum Gasteiger partial charge on any atom is -0.351 e. The van der Waals surface area contributed by atoms with E-state index < -0.39 is 6.03 Å². The highest BCUT2D eigenvalue weighted by Crippen LogP contribution is 2.14. The number of anilines is 2. The zero-order valence-electron chi connectivity index (χ0n) is 11.0. The van der Waals surface area contributed by atoms with Gasteiger partial charge in [-0.3, -0.25) is 4.79 Å². The molecule has 0 aliphatic rings. The maximum Gasteiger partial charge on any atom is 0.316 e. The molecule has 1 aromatic carbocycles. The Morgan fingerprint density at radius 1 is 1.16 bits per heavy atom. The molecule has 0 saturated heterocycles. The van der Waals surface area contributed by atoms with Gasteiger partial charge in [-0.15, -0.1) is 0 Å². The molecule has 19 heavy (non-hydrogen) atoms. The van der Waals surface area contributed by atoms with E-state index in [0.29, 0.717) is 24.3 Å². The molecule has 1 atom stereocenters. The number of urea groups is 1. The third kappa shape index (κ3) is 5.39. The predicted molar refractivity (Wildman–Crippen MR) is 75.7 cm³/mol. The number of carbonyl (C=O) groups is 2. The lowest BCUT2D eigenvalue weighted by Gasteiger charge is -2.12. The Morgan fingerprint density at radius 2 is 1.68 bits per heavy atom. The Labute approximate surface area is 112 Å². The van der Waals surface area contributed by atoms with Crippen molar-refractivity contribution in [1.29, 1.82) is 0 Å². The minimum absolute atomic E-state index is 0.0621.